The van der Waals surface area contributed by atoms with Crippen LogP contribution in [0.25, 0.3) is 0 Å². The molecule has 1 rings (SSSR count). The molecular formula is C9H14O3. The number of hydrogen-bond acceptors (Lipinski definition) is 3. The first kappa shape index (κ1) is 9.23. The Morgan fingerprint density at radius 3 is 2.75 bits per heavy atom. The predicted molar refractivity (Wildman–Crippen MR) is 43.5 cm³/mol. The van der Waals surface area contributed by atoms with Gasteiger partial charge in [-0.1, -0.05) is 6.92 Å². The van der Waals surface area contributed by atoms with Crippen molar-refractivity contribution in [3.8, 4) is 0 Å². The number of carbonyl (C=O) groups is 2. The maximum Gasteiger partial charge on any atom is 0.309 e. The van der Waals surface area contributed by atoms with Crippen LogP contribution >= 0.6 is 0 Å². The van der Waals surface area contributed by atoms with Crippen LogP contribution in [-0.4, -0.2) is 18.4 Å². The largest absolute Gasteiger partial charge is 0.466 e. The van der Waals surface area contributed by atoms with Gasteiger partial charge in [0.1, 0.15) is 5.78 Å². The van der Waals surface area contributed by atoms with Crippen LogP contribution in [0.3, 0.4) is 0 Å². The fourth-order valence-electron chi connectivity index (χ4n) is 1.57. The molecule has 3 heteroatoms. The van der Waals surface area contributed by atoms with Gasteiger partial charge in [-0.2, -0.15) is 0 Å². The molecular weight excluding hydrogens is 156 g/mol. The minimum Gasteiger partial charge on any atom is -0.466 e. The lowest BCUT2D eigenvalue weighted by atomic mass is 9.98. The van der Waals surface area contributed by atoms with Crippen LogP contribution < -0.4 is 0 Å². The summed E-state index contributed by atoms with van der Waals surface area (Å²) >= 11 is 0. The van der Waals surface area contributed by atoms with E-state index in [4.69, 9.17) is 4.74 Å². The standard InChI is InChI=1S/C9H14O3/c1-3-12-9(11)7-4-5-8(10)6(7)2/h6-7H,3-5H2,1-2H3/t6?,7-/m1/s1. The van der Waals surface area contributed by atoms with E-state index in [1.807, 2.05) is 0 Å². The molecule has 0 bridgehead atoms. The third-order valence-electron chi connectivity index (χ3n) is 2.40. The van der Waals surface area contributed by atoms with Gasteiger partial charge in [-0.15, -0.1) is 0 Å². The van der Waals surface area contributed by atoms with Gasteiger partial charge in [-0.05, 0) is 13.3 Å². The summed E-state index contributed by atoms with van der Waals surface area (Å²) in [6, 6.07) is 0. The van der Waals surface area contributed by atoms with Crippen LogP contribution in [0.1, 0.15) is 26.7 Å². The van der Waals surface area contributed by atoms with E-state index in [0.29, 0.717) is 19.4 Å². The Labute approximate surface area is 72.1 Å². The van der Waals surface area contributed by atoms with Crippen molar-refractivity contribution in [3.05, 3.63) is 0 Å². The van der Waals surface area contributed by atoms with Crippen LogP contribution in [-0.2, 0) is 14.3 Å². The van der Waals surface area contributed by atoms with Gasteiger partial charge < -0.3 is 4.74 Å². The van der Waals surface area contributed by atoms with Gasteiger partial charge in [0.2, 0.25) is 0 Å². The van der Waals surface area contributed by atoms with E-state index in [0.717, 1.165) is 0 Å². The summed E-state index contributed by atoms with van der Waals surface area (Å²) in [6.45, 7) is 3.98. The second-order valence-electron chi connectivity index (χ2n) is 3.15. The summed E-state index contributed by atoms with van der Waals surface area (Å²) in [5, 5.41) is 0. The molecule has 68 valence electrons. The van der Waals surface area contributed by atoms with Crippen molar-refractivity contribution in [2.75, 3.05) is 6.61 Å². The summed E-state index contributed by atoms with van der Waals surface area (Å²) in [5.74, 6) is -0.342. The van der Waals surface area contributed by atoms with Crippen molar-refractivity contribution in [3.63, 3.8) is 0 Å². The summed E-state index contributed by atoms with van der Waals surface area (Å²) < 4.78 is 4.85. The second-order valence-corrected chi connectivity index (χ2v) is 3.15. The smallest absolute Gasteiger partial charge is 0.309 e. The molecule has 0 aliphatic heterocycles. The van der Waals surface area contributed by atoms with E-state index in [1.165, 1.54) is 0 Å². The predicted octanol–water partition coefficient (Wildman–Crippen LogP) is 1.16. The zero-order chi connectivity index (χ0) is 9.14. The Morgan fingerprint density at radius 2 is 2.33 bits per heavy atom. The normalized spacial score (nSPS) is 29.0. The molecule has 1 aliphatic carbocycles. The molecule has 0 amide bonds. The van der Waals surface area contributed by atoms with Crippen molar-refractivity contribution >= 4 is 11.8 Å². The topological polar surface area (TPSA) is 43.4 Å². The van der Waals surface area contributed by atoms with Gasteiger partial charge in [0.25, 0.3) is 0 Å². The zero-order valence-electron chi connectivity index (χ0n) is 7.50. The minimum absolute atomic E-state index is 0.135. The summed E-state index contributed by atoms with van der Waals surface area (Å²) in [4.78, 5) is 22.3. The first-order valence-electron chi connectivity index (χ1n) is 4.36. The molecule has 0 saturated heterocycles. The Balaban J connectivity index is 2.53. The number of esters is 1. The highest BCUT2D eigenvalue weighted by atomic mass is 16.5. The summed E-state index contributed by atoms with van der Waals surface area (Å²) in [7, 11) is 0. The Hall–Kier alpha value is -0.860. The van der Waals surface area contributed by atoms with Gasteiger partial charge >= 0.3 is 5.97 Å². The Kier molecular flexibility index (Phi) is 2.84. The van der Waals surface area contributed by atoms with Crippen LogP contribution in [0.5, 0.6) is 0 Å². The second kappa shape index (κ2) is 3.70. The lowest BCUT2D eigenvalue weighted by Crippen LogP contribution is -2.22. The fraction of sp³-hybridized carbons (Fsp3) is 0.778. The zero-order valence-corrected chi connectivity index (χ0v) is 7.50. The number of ether oxygens (including phenoxy) is 1. The Morgan fingerprint density at radius 1 is 1.67 bits per heavy atom. The maximum atomic E-state index is 11.2. The molecule has 3 nitrogen and oxygen atoms in total. The molecule has 0 aromatic carbocycles. The van der Waals surface area contributed by atoms with Gasteiger partial charge in [-0.25, -0.2) is 0 Å². The molecule has 1 saturated carbocycles. The number of hydrogen-bond donors (Lipinski definition) is 0. The minimum atomic E-state index is -0.212. The molecule has 1 unspecified atom stereocenters. The third kappa shape index (κ3) is 1.65. The van der Waals surface area contributed by atoms with Crippen molar-refractivity contribution < 1.29 is 14.3 Å². The van der Waals surface area contributed by atoms with E-state index < -0.39 is 0 Å². The first-order chi connectivity index (χ1) is 5.66. The van der Waals surface area contributed by atoms with E-state index in [1.54, 1.807) is 13.8 Å². The van der Waals surface area contributed by atoms with Crippen LogP contribution in [0.4, 0.5) is 0 Å². The lowest BCUT2D eigenvalue weighted by molar-refractivity contribution is -0.150. The molecule has 2 atom stereocenters. The number of rotatable bonds is 2. The van der Waals surface area contributed by atoms with Crippen molar-refractivity contribution in [1.82, 2.24) is 0 Å². The van der Waals surface area contributed by atoms with Gasteiger partial charge in [0.15, 0.2) is 0 Å². The highest BCUT2D eigenvalue weighted by molar-refractivity contribution is 5.89. The van der Waals surface area contributed by atoms with Crippen molar-refractivity contribution in [2.24, 2.45) is 11.8 Å². The maximum absolute atomic E-state index is 11.2. The molecule has 1 fully saturated rings. The molecule has 1 aliphatic rings. The average molecular weight is 170 g/mol. The number of ketones is 1. The highest BCUT2D eigenvalue weighted by Crippen LogP contribution is 2.29. The first-order valence-corrected chi connectivity index (χ1v) is 4.36. The highest BCUT2D eigenvalue weighted by Gasteiger charge is 2.36. The summed E-state index contributed by atoms with van der Waals surface area (Å²) in [6.07, 6.45) is 1.20. The van der Waals surface area contributed by atoms with Crippen LogP contribution in [0.15, 0.2) is 0 Å². The Bertz CT molecular complexity index is 198. The quantitative estimate of drug-likeness (QED) is 0.584. The molecule has 12 heavy (non-hydrogen) atoms. The molecule has 0 spiro atoms. The molecule has 0 aromatic heterocycles. The van der Waals surface area contributed by atoms with Gasteiger partial charge in [0.05, 0.1) is 12.5 Å². The van der Waals surface area contributed by atoms with Gasteiger partial charge in [0, 0.05) is 12.3 Å². The number of carbonyl (C=O) groups excluding carboxylic acids is 2. The molecule has 0 radical (unpaired) electrons. The van der Waals surface area contributed by atoms with Crippen LogP contribution in [0.2, 0.25) is 0 Å². The number of Topliss-reactive ketones (excluding diaryl/α,β-unsaturated/α-hetero) is 1. The van der Waals surface area contributed by atoms with E-state index in [2.05, 4.69) is 0 Å². The molecule has 0 aromatic rings. The fourth-order valence-corrected chi connectivity index (χ4v) is 1.57. The molecule has 0 N–H and O–H groups in total. The SMILES string of the molecule is CCOC(=O)[C@@H]1CCC(=O)C1C. The lowest BCUT2D eigenvalue weighted by Gasteiger charge is -2.11. The van der Waals surface area contributed by atoms with Gasteiger partial charge in [-0.3, -0.25) is 9.59 Å². The van der Waals surface area contributed by atoms with E-state index >= 15 is 0 Å². The van der Waals surface area contributed by atoms with Crippen molar-refractivity contribution in [1.29, 1.82) is 0 Å². The summed E-state index contributed by atoms with van der Waals surface area (Å²) in [5.41, 5.74) is 0. The third-order valence-corrected chi connectivity index (χ3v) is 2.40. The van der Waals surface area contributed by atoms with Crippen LogP contribution in [0, 0.1) is 11.8 Å². The van der Waals surface area contributed by atoms with E-state index in [-0.39, 0.29) is 23.6 Å². The van der Waals surface area contributed by atoms with E-state index in [9.17, 15) is 9.59 Å². The average Bonchev–Trinajstić information content (AvgIpc) is 2.34. The monoisotopic (exact) mass is 170 g/mol. The van der Waals surface area contributed by atoms with Crippen molar-refractivity contribution in [2.45, 2.75) is 26.7 Å². The molecule has 0 heterocycles.